The molecule has 1 aromatic carbocycles. The fraction of sp³-hybridized carbons (Fsp3) is 0.222. The molecule has 0 radical (unpaired) electrons. The van der Waals surface area contributed by atoms with Crippen LogP contribution in [-0.2, 0) is 22.7 Å². The van der Waals surface area contributed by atoms with Crippen LogP contribution >= 0.6 is 0 Å². The van der Waals surface area contributed by atoms with E-state index in [0.717, 1.165) is 17.0 Å². The molecule has 0 spiro atoms. The largest absolute Gasteiger partial charge is 0.454 e. The number of rotatable bonds is 6. The van der Waals surface area contributed by atoms with Crippen molar-refractivity contribution in [3.05, 3.63) is 66.7 Å². The molecule has 0 aliphatic carbocycles. The molecule has 0 aliphatic rings. The molecule has 22 heavy (non-hydrogen) atoms. The van der Waals surface area contributed by atoms with Crippen LogP contribution in [0.5, 0.6) is 0 Å². The number of ether oxygens (including phenoxy) is 1. The molecule has 2 aromatic rings. The molecule has 1 heterocycles. The Morgan fingerprint density at radius 2 is 2.05 bits per heavy atom. The summed E-state index contributed by atoms with van der Waals surface area (Å²) in [5.74, 6) is 0.290. The van der Waals surface area contributed by atoms with Crippen LogP contribution in [-0.4, -0.2) is 15.5 Å². The molecule has 0 amide bonds. The first-order valence-corrected chi connectivity index (χ1v) is 7.09. The fourth-order valence-electron chi connectivity index (χ4n) is 2.20. The normalized spacial score (nSPS) is 10.3. The Morgan fingerprint density at radius 1 is 1.36 bits per heavy atom. The highest BCUT2D eigenvalue weighted by Gasteiger charge is 2.16. The Kier molecular flexibility index (Phi) is 4.94. The molecule has 114 valence electrons. The van der Waals surface area contributed by atoms with Gasteiger partial charge in [-0.1, -0.05) is 43.0 Å². The average molecular weight is 296 g/mol. The van der Waals surface area contributed by atoms with Crippen molar-refractivity contribution in [2.45, 2.75) is 27.0 Å². The van der Waals surface area contributed by atoms with Gasteiger partial charge in [-0.2, -0.15) is 0 Å². The van der Waals surface area contributed by atoms with Crippen molar-refractivity contribution in [3.63, 3.8) is 0 Å². The van der Waals surface area contributed by atoms with Crippen molar-refractivity contribution in [1.82, 2.24) is 9.55 Å². The first-order chi connectivity index (χ1) is 10.5. The molecule has 0 bridgehead atoms. The minimum Gasteiger partial charge on any atom is -0.454 e. The molecule has 0 unspecified atom stereocenters. The smallest absolute Gasteiger partial charge is 0.333 e. The topological polar surface area (TPSA) is 44.1 Å². The summed E-state index contributed by atoms with van der Waals surface area (Å²) in [6.07, 6.45) is 1.80. The number of esters is 1. The number of allylic oxidation sites excluding steroid dienone is 1. The summed E-state index contributed by atoms with van der Waals surface area (Å²) in [7, 11) is 0. The van der Waals surface area contributed by atoms with Crippen LogP contribution in [0, 0.1) is 6.92 Å². The first-order valence-electron chi connectivity index (χ1n) is 7.09. The van der Waals surface area contributed by atoms with Crippen LogP contribution in [0.25, 0.3) is 11.3 Å². The number of benzene rings is 1. The Labute approximate surface area is 130 Å². The third-order valence-corrected chi connectivity index (χ3v) is 3.34. The first kappa shape index (κ1) is 15.8. The van der Waals surface area contributed by atoms with Crippen molar-refractivity contribution in [3.8, 4) is 11.3 Å². The molecule has 0 saturated heterocycles. The second-order valence-electron chi connectivity index (χ2n) is 5.08. The van der Waals surface area contributed by atoms with Crippen molar-refractivity contribution >= 4 is 5.97 Å². The van der Waals surface area contributed by atoms with Gasteiger partial charge in [-0.3, -0.25) is 0 Å². The van der Waals surface area contributed by atoms with Crippen molar-refractivity contribution in [1.29, 1.82) is 0 Å². The van der Waals surface area contributed by atoms with Gasteiger partial charge < -0.3 is 9.30 Å². The second-order valence-corrected chi connectivity index (χ2v) is 5.08. The highest BCUT2D eigenvalue weighted by Crippen LogP contribution is 2.24. The lowest BCUT2D eigenvalue weighted by atomic mass is 10.1. The van der Waals surface area contributed by atoms with E-state index in [4.69, 9.17) is 4.74 Å². The second kappa shape index (κ2) is 6.89. The molecule has 0 N–H and O–H groups in total. The summed E-state index contributed by atoms with van der Waals surface area (Å²) in [4.78, 5) is 16.2. The van der Waals surface area contributed by atoms with Gasteiger partial charge in [-0.15, -0.1) is 6.58 Å². The zero-order valence-corrected chi connectivity index (χ0v) is 13.0. The molecule has 1 aromatic heterocycles. The van der Waals surface area contributed by atoms with Gasteiger partial charge in [0, 0.05) is 23.4 Å². The van der Waals surface area contributed by atoms with Crippen molar-refractivity contribution in [2.75, 3.05) is 0 Å². The van der Waals surface area contributed by atoms with Gasteiger partial charge >= 0.3 is 5.97 Å². The number of aromatic nitrogens is 2. The summed E-state index contributed by atoms with van der Waals surface area (Å²) in [6.45, 7) is 11.7. The summed E-state index contributed by atoms with van der Waals surface area (Å²) in [6, 6.07) is 9.94. The van der Waals surface area contributed by atoms with E-state index in [1.807, 2.05) is 41.8 Å². The Morgan fingerprint density at radius 3 is 2.64 bits per heavy atom. The number of nitrogens with zero attached hydrogens (tertiary/aromatic N) is 2. The monoisotopic (exact) mass is 296 g/mol. The van der Waals surface area contributed by atoms with Gasteiger partial charge in [-0.05, 0) is 13.8 Å². The van der Waals surface area contributed by atoms with Gasteiger partial charge in [0.05, 0.1) is 5.69 Å². The number of imidazole rings is 1. The maximum absolute atomic E-state index is 11.6. The lowest BCUT2D eigenvalue weighted by molar-refractivity contribution is -0.140. The van der Waals surface area contributed by atoms with Crippen molar-refractivity contribution in [2.24, 2.45) is 0 Å². The Balaban J connectivity index is 2.34. The summed E-state index contributed by atoms with van der Waals surface area (Å²) in [5, 5.41) is 0. The highest BCUT2D eigenvalue weighted by molar-refractivity contribution is 5.86. The quantitative estimate of drug-likeness (QED) is 0.464. The molecule has 0 saturated carbocycles. The number of hydrogen-bond acceptors (Lipinski definition) is 3. The fourth-order valence-corrected chi connectivity index (χ4v) is 2.20. The van der Waals surface area contributed by atoms with E-state index < -0.39 is 5.97 Å². The van der Waals surface area contributed by atoms with Gasteiger partial charge in [0.25, 0.3) is 0 Å². The zero-order valence-electron chi connectivity index (χ0n) is 13.0. The van der Waals surface area contributed by atoms with E-state index in [-0.39, 0.29) is 6.61 Å². The predicted octanol–water partition coefficient (Wildman–Crippen LogP) is 3.66. The Bertz CT molecular complexity index is 699. The predicted molar refractivity (Wildman–Crippen MR) is 87.2 cm³/mol. The molecule has 4 nitrogen and oxygen atoms in total. The SMILES string of the molecule is C=CCn1c(COC(=O)C(=C)C)nc(-c2ccccc2)c1C. The molecular formula is C18H20N2O2. The number of carbonyl (C=O) groups excluding carboxylic acids is 1. The van der Waals surface area contributed by atoms with Gasteiger partial charge in [0.2, 0.25) is 0 Å². The van der Waals surface area contributed by atoms with Crippen LogP contribution in [0.4, 0.5) is 0 Å². The highest BCUT2D eigenvalue weighted by atomic mass is 16.5. The summed E-state index contributed by atoms with van der Waals surface area (Å²) < 4.78 is 7.23. The van der Waals surface area contributed by atoms with E-state index in [1.165, 1.54) is 0 Å². The zero-order chi connectivity index (χ0) is 16.1. The number of hydrogen-bond donors (Lipinski definition) is 0. The van der Waals surface area contributed by atoms with E-state index in [1.54, 1.807) is 13.0 Å². The molecular weight excluding hydrogens is 276 g/mol. The minimum atomic E-state index is -0.410. The van der Waals surface area contributed by atoms with E-state index in [0.29, 0.717) is 17.9 Å². The van der Waals surface area contributed by atoms with Gasteiger partial charge in [0.1, 0.15) is 12.4 Å². The molecule has 0 fully saturated rings. The van der Waals surface area contributed by atoms with E-state index in [2.05, 4.69) is 18.1 Å². The maximum Gasteiger partial charge on any atom is 0.333 e. The van der Waals surface area contributed by atoms with Crippen LogP contribution < -0.4 is 0 Å². The van der Waals surface area contributed by atoms with Crippen LogP contribution in [0.1, 0.15) is 18.4 Å². The lowest BCUT2D eigenvalue weighted by Gasteiger charge is -2.08. The number of carbonyl (C=O) groups is 1. The standard InChI is InChI=1S/C18H20N2O2/c1-5-11-20-14(4)17(15-9-7-6-8-10-15)19-16(20)12-22-18(21)13(2)3/h5-10H,1-2,11-12H2,3-4H3. The van der Waals surface area contributed by atoms with E-state index in [9.17, 15) is 4.79 Å². The lowest BCUT2D eigenvalue weighted by Crippen LogP contribution is -2.10. The van der Waals surface area contributed by atoms with Gasteiger partial charge in [-0.25, -0.2) is 9.78 Å². The van der Waals surface area contributed by atoms with Crippen LogP contribution in [0.3, 0.4) is 0 Å². The molecule has 2 rings (SSSR count). The maximum atomic E-state index is 11.6. The molecule has 4 heteroatoms. The van der Waals surface area contributed by atoms with Crippen LogP contribution in [0.15, 0.2) is 55.1 Å². The summed E-state index contributed by atoms with van der Waals surface area (Å²) >= 11 is 0. The molecule has 0 aliphatic heterocycles. The van der Waals surface area contributed by atoms with Crippen molar-refractivity contribution < 1.29 is 9.53 Å². The third-order valence-electron chi connectivity index (χ3n) is 3.34. The molecule has 0 atom stereocenters. The summed E-state index contributed by atoms with van der Waals surface area (Å²) in [5.41, 5.74) is 3.33. The minimum absolute atomic E-state index is 0.118. The van der Waals surface area contributed by atoms with E-state index >= 15 is 0 Å². The van der Waals surface area contributed by atoms with Gasteiger partial charge in [0.15, 0.2) is 0 Å². The Hall–Kier alpha value is -2.62. The van der Waals surface area contributed by atoms with Crippen LogP contribution in [0.2, 0.25) is 0 Å². The third kappa shape index (κ3) is 3.34. The average Bonchev–Trinajstić information content (AvgIpc) is 2.83.